The van der Waals surface area contributed by atoms with Gasteiger partial charge >= 0.3 is 0 Å². The van der Waals surface area contributed by atoms with Crippen LogP contribution in [0.15, 0.2) is 0 Å². The van der Waals surface area contributed by atoms with Gasteiger partial charge in [0.25, 0.3) is 0 Å². The van der Waals surface area contributed by atoms with Crippen molar-refractivity contribution in [1.82, 2.24) is 4.31 Å². The largest absolute Gasteiger partial charge is 0.230 e. The normalized spacial score (nSPS) is 13.5. The van der Waals surface area contributed by atoms with Gasteiger partial charge in [0.15, 0.2) is 5.25 Å². The number of hydrogen-bond acceptors (Lipinski definition) is 3. The number of unbranched alkanes of at least 4 members (excludes halogenated alkanes) is 2. The summed E-state index contributed by atoms with van der Waals surface area (Å²) in [5, 5.41) is 8.16. The molecule has 0 aromatic heterocycles. The second-order valence-corrected chi connectivity index (χ2v) is 6.67. The Bertz CT molecular complexity index is 338. The summed E-state index contributed by atoms with van der Waals surface area (Å²) in [5.41, 5.74) is 0. The zero-order valence-electron chi connectivity index (χ0n) is 11.9. The summed E-state index contributed by atoms with van der Waals surface area (Å²) in [6.07, 6.45) is 4.77. The molecule has 0 aromatic rings. The number of nitrogens with zero attached hydrogens (tertiary/aromatic N) is 2. The highest BCUT2D eigenvalue weighted by Crippen LogP contribution is 2.15. The van der Waals surface area contributed by atoms with Gasteiger partial charge in [0.2, 0.25) is 10.0 Å². The minimum Gasteiger partial charge on any atom is -0.211 e. The molecule has 0 aromatic carbocycles. The van der Waals surface area contributed by atoms with Crippen molar-refractivity contribution in [2.24, 2.45) is 0 Å². The topological polar surface area (TPSA) is 61.2 Å². The van der Waals surface area contributed by atoms with E-state index in [1.165, 1.54) is 4.31 Å². The molecule has 0 aliphatic rings. The van der Waals surface area contributed by atoms with E-state index >= 15 is 0 Å². The molecular formula is C13H26N2O2S. The van der Waals surface area contributed by atoms with Gasteiger partial charge in [0, 0.05) is 13.1 Å². The summed E-state index contributed by atoms with van der Waals surface area (Å²) in [7, 11) is -3.45. The van der Waals surface area contributed by atoms with E-state index in [4.69, 9.17) is 5.26 Å². The van der Waals surface area contributed by atoms with Crippen LogP contribution in [0, 0.1) is 11.3 Å². The highest BCUT2D eigenvalue weighted by Gasteiger charge is 2.30. The van der Waals surface area contributed by atoms with Crippen molar-refractivity contribution >= 4 is 10.0 Å². The minimum atomic E-state index is -3.45. The summed E-state index contributed by atoms with van der Waals surface area (Å²) in [4.78, 5) is 0. The molecule has 0 saturated heterocycles. The second kappa shape index (κ2) is 9.35. The molecule has 0 saturated carbocycles. The lowest BCUT2D eigenvalue weighted by atomic mass is 10.3. The molecule has 1 unspecified atom stereocenters. The molecule has 0 N–H and O–H groups in total. The van der Waals surface area contributed by atoms with Gasteiger partial charge in [-0.15, -0.1) is 0 Å². The Labute approximate surface area is 112 Å². The zero-order valence-corrected chi connectivity index (χ0v) is 12.7. The molecule has 0 spiro atoms. The molecular weight excluding hydrogens is 248 g/mol. The zero-order chi connectivity index (χ0) is 14.0. The fourth-order valence-electron chi connectivity index (χ4n) is 1.76. The third-order valence-electron chi connectivity index (χ3n) is 2.94. The van der Waals surface area contributed by atoms with Gasteiger partial charge in [-0.25, -0.2) is 12.7 Å². The number of sulfonamides is 1. The first-order chi connectivity index (χ1) is 8.54. The molecule has 0 aliphatic heterocycles. The maximum absolute atomic E-state index is 12.4. The molecule has 0 radical (unpaired) electrons. The first kappa shape index (κ1) is 17.4. The van der Waals surface area contributed by atoms with E-state index in [1.54, 1.807) is 0 Å². The molecule has 0 fully saturated rings. The summed E-state index contributed by atoms with van der Waals surface area (Å²) in [5.74, 6) is 0. The lowest BCUT2D eigenvalue weighted by Gasteiger charge is -2.24. The van der Waals surface area contributed by atoms with E-state index < -0.39 is 15.3 Å². The smallest absolute Gasteiger partial charge is 0.211 e. The van der Waals surface area contributed by atoms with Gasteiger partial charge in [-0.1, -0.05) is 40.0 Å². The van der Waals surface area contributed by atoms with Crippen molar-refractivity contribution in [2.75, 3.05) is 13.1 Å². The monoisotopic (exact) mass is 274 g/mol. The lowest BCUT2D eigenvalue weighted by molar-refractivity contribution is 0.391. The molecule has 1 atom stereocenters. The molecule has 106 valence electrons. The van der Waals surface area contributed by atoms with Gasteiger partial charge in [0.05, 0.1) is 6.07 Å². The van der Waals surface area contributed by atoms with Crippen LogP contribution in [-0.2, 0) is 10.0 Å². The summed E-state index contributed by atoms with van der Waals surface area (Å²) >= 11 is 0. The SMILES string of the molecule is CCCCN(CCCC)S(=O)(=O)C(C#N)CCC. The number of hydrogen-bond donors (Lipinski definition) is 0. The molecule has 0 amide bonds. The summed E-state index contributed by atoms with van der Waals surface area (Å²) < 4.78 is 26.3. The number of rotatable bonds is 10. The van der Waals surface area contributed by atoms with E-state index in [0.717, 1.165) is 25.7 Å². The van der Waals surface area contributed by atoms with E-state index in [2.05, 4.69) is 0 Å². The third-order valence-corrected chi connectivity index (χ3v) is 5.08. The summed E-state index contributed by atoms with van der Waals surface area (Å²) in [6, 6.07) is 1.95. The van der Waals surface area contributed by atoms with Gasteiger partial charge in [0.1, 0.15) is 0 Å². The van der Waals surface area contributed by atoms with Crippen molar-refractivity contribution in [2.45, 2.75) is 64.5 Å². The molecule has 0 aliphatic carbocycles. The van der Waals surface area contributed by atoms with Crippen LogP contribution >= 0.6 is 0 Å². The fraction of sp³-hybridized carbons (Fsp3) is 0.923. The van der Waals surface area contributed by atoms with Crippen LogP contribution in [0.25, 0.3) is 0 Å². The van der Waals surface area contributed by atoms with Crippen LogP contribution < -0.4 is 0 Å². The standard InChI is InChI=1S/C13H26N2O2S/c1-4-7-10-15(11-8-5-2)18(16,17)13(12-14)9-6-3/h13H,4-11H2,1-3H3. The Balaban J connectivity index is 4.87. The van der Waals surface area contributed by atoms with Crippen LogP contribution in [0.4, 0.5) is 0 Å². The first-order valence-corrected chi connectivity index (χ1v) is 8.43. The Kier molecular flexibility index (Phi) is 9.03. The Morgan fingerprint density at radius 2 is 1.56 bits per heavy atom. The molecule has 4 nitrogen and oxygen atoms in total. The average molecular weight is 274 g/mol. The predicted octanol–water partition coefficient (Wildman–Crippen LogP) is 2.91. The summed E-state index contributed by atoms with van der Waals surface area (Å²) in [6.45, 7) is 7.07. The Morgan fingerprint density at radius 1 is 1.06 bits per heavy atom. The van der Waals surface area contributed by atoms with Crippen molar-refractivity contribution in [3.8, 4) is 6.07 Å². The number of nitriles is 1. The highest BCUT2D eigenvalue weighted by atomic mass is 32.2. The van der Waals surface area contributed by atoms with Crippen molar-refractivity contribution < 1.29 is 8.42 Å². The van der Waals surface area contributed by atoms with Crippen LogP contribution in [0.1, 0.15) is 59.3 Å². The molecule has 5 heteroatoms. The van der Waals surface area contributed by atoms with Crippen LogP contribution in [-0.4, -0.2) is 31.1 Å². The van der Waals surface area contributed by atoms with E-state index in [-0.39, 0.29) is 0 Å². The van der Waals surface area contributed by atoms with Gasteiger partial charge in [-0.3, -0.25) is 0 Å². The van der Waals surface area contributed by atoms with Crippen LogP contribution in [0.2, 0.25) is 0 Å². The second-order valence-electron chi connectivity index (χ2n) is 4.56. The van der Waals surface area contributed by atoms with Crippen LogP contribution in [0.5, 0.6) is 0 Å². The van der Waals surface area contributed by atoms with Gasteiger partial charge < -0.3 is 0 Å². The maximum Gasteiger partial charge on any atom is 0.230 e. The average Bonchev–Trinajstić information content (AvgIpc) is 2.35. The molecule has 0 rings (SSSR count). The lowest BCUT2D eigenvalue weighted by Crippen LogP contribution is -2.39. The third kappa shape index (κ3) is 5.36. The first-order valence-electron chi connectivity index (χ1n) is 6.93. The van der Waals surface area contributed by atoms with Gasteiger partial charge in [-0.05, 0) is 19.3 Å². The maximum atomic E-state index is 12.4. The molecule has 18 heavy (non-hydrogen) atoms. The molecule has 0 heterocycles. The Hall–Kier alpha value is -0.600. The van der Waals surface area contributed by atoms with Crippen molar-refractivity contribution in [3.05, 3.63) is 0 Å². The van der Waals surface area contributed by atoms with Crippen molar-refractivity contribution in [1.29, 1.82) is 5.26 Å². The fourth-order valence-corrected chi connectivity index (χ4v) is 3.55. The minimum absolute atomic E-state index is 0.424. The van der Waals surface area contributed by atoms with E-state index in [0.29, 0.717) is 25.9 Å². The quantitative estimate of drug-likeness (QED) is 0.615. The Morgan fingerprint density at radius 3 is 1.89 bits per heavy atom. The van der Waals surface area contributed by atoms with E-state index in [9.17, 15) is 8.42 Å². The predicted molar refractivity (Wildman–Crippen MR) is 74.6 cm³/mol. The van der Waals surface area contributed by atoms with E-state index in [1.807, 2.05) is 26.8 Å². The van der Waals surface area contributed by atoms with Gasteiger partial charge in [-0.2, -0.15) is 5.26 Å². The molecule has 0 bridgehead atoms. The van der Waals surface area contributed by atoms with Crippen molar-refractivity contribution in [3.63, 3.8) is 0 Å². The highest BCUT2D eigenvalue weighted by molar-refractivity contribution is 7.90. The van der Waals surface area contributed by atoms with Crippen LogP contribution in [0.3, 0.4) is 0 Å².